The molecule has 0 atom stereocenters. The molecule has 0 fully saturated rings. The van der Waals surface area contributed by atoms with Gasteiger partial charge in [-0.3, -0.25) is 4.79 Å². The highest BCUT2D eigenvalue weighted by Crippen LogP contribution is 2.24. The number of carbonyl (C=O) groups excluding carboxylic acids is 1. The molecule has 122 valence electrons. The number of hydrogen-bond donors (Lipinski definition) is 0. The highest BCUT2D eigenvalue weighted by molar-refractivity contribution is 6.31. The average molecular weight is 336 g/mol. The molecule has 0 aliphatic carbocycles. The fraction of sp³-hybridized carbons (Fsp3) is 0.294. The number of aryl methyl sites for hydroxylation is 1. The second kappa shape index (κ2) is 7.42. The molecule has 2 aromatic rings. The van der Waals surface area contributed by atoms with Gasteiger partial charge in [-0.2, -0.15) is 5.10 Å². The Balaban J connectivity index is 2.31. The Morgan fingerprint density at radius 3 is 2.48 bits per heavy atom. The molecule has 1 heterocycles. The third-order valence-electron chi connectivity index (χ3n) is 3.59. The monoisotopic (exact) mass is 335 g/mol. The minimum Gasteiger partial charge on any atom is -0.340 e. The average Bonchev–Trinajstić information content (AvgIpc) is 2.82. The third kappa shape index (κ3) is 3.79. The molecular weight excluding hydrogens is 317 g/mol. The minimum absolute atomic E-state index is 0.0694. The molecule has 4 nitrogen and oxygen atoms in total. The molecule has 6 heteroatoms. The SMILES string of the molecule is CCN(CC)C(=O)C=Cc1c(C)nn(-c2ccc(F)cc2)c1Cl. The van der Waals surface area contributed by atoms with E-state index in [4.69, 9.17) is 11.6 Å². The van der Waals surface area contributed by atoms with Crippen molar-refractivity contribution in [1.29, 1.82) is 0 Å². The van der Waals surface area contributed by atoms with E-state index in [1.165, 1.54) is 22.9 Å². The van der Waals surface area contributed by atoms with Crippen LogP contribution in [0.2, 0.25) is 5.15 Å². The first-order valence-electron chi connectivity index (χ1n) is 7.46. The van der Waals surface area contributed by atoms with Crippen molar-refractivity contribution in [3.8, 4) is 5.69 Å². The zero-order valence-electron chi connectivity index (χ0n) is 13.4. The van der Waals surface area contributed by atoms with Gasteiger partial charge in [-0.1, -0.05) is 11.6 Å². The zero-order valence-corrected chi connectivity index (χ0v) is 14.1. The molecule has 0 aliphatic rings. The summed E-state index contributed by atoms with van der Waals surface area (Å²) in [6.07, 6.45) is 3.17. The van der Waals surface area contributed by atoms with E-state index in [0.717, 1.165) is 0 Å². The smallest absolute Gasteiger partial charge is 0.246 e. The molecule has 0 unspecified atom stereocenters. The van der Waals surface area contributed by atoms with Crippen molar-refractivity contribution < 1.29 is 9.18 Å². The molecule has 0 spiro atoms. The predicted octanol–water partition coefficient (Wildman–Crippen LogP) is 3.85. The highest BCUT2D eigenvalue weighted by Gasteiger charge is 2.13. The van der Waals surface area contributed by atoms with Crippen LogP contribution in [0.25, 0.3) is 11.8 Å². The van der Waals surface area contributed by atoms with Crippen molar-refractivity contribution in [3.63, 3.8) is 0 Å². The number of benzene rings is 1. The Hall–Kier alpha value is -2.14. The lowest BCUT2D eigenvalue weighted by molar-refractivity contribution is -0.125. The molecule has 0 radical (unpaired) electrons. The fourth-order valence-electron chi connectivity index (χ4n) is 2.25. The molecule has 1 aromatic heterocycles. The molecule has 0 saturated heterocycles. The largest absolute Gasteiger partial charge is 0.340 e. The number of hydrogen-bond acceptors (Lipinski definition) is 2. The van der Waals surface area contributed by atoms with E-state index in [9.17, 15) is 9.18 Å². The third-order valence-corrected chi connectivity index (χ3v) is 3.95. The van der Waals surface area contributed by atoms with E-state index in [2.05, 4.69) is 5.10 Å². The quantitative estimate of drug-likeness (QED) is 0.778. The topological polar surface area (TPSA) is 38.1 Å². The second-order valence-corrected chi connectivity index (χ2v) is 5.38. The van der Waals surface area contributed by atoms with Gasteiger partial charge in [-0.15, -0.1) is 0 Å². The maximum atomic E-state index is 13.0. The van der Waals surface area contributed by atoms with Gasteiger partial charge in [0.25, 0.3) is 0 Å². The van der Waals surface area contributed by atoms with Crippen LogP contribution in [0.1, 0.15) is 25.1 Å². The summed E-state index contributed by atoms with van der Waals surface area (Å²) < 4.78 is 14.5. The number of amides is 1. The van der Waals surface area contributed by atoms with Crippen LogP contribution in [0.3, 0.4) is 0 Å². The molecule has 0 saturated carbocycles. The molecule has 0 bridgehead atoms. The molecular formula is C17H19ClFN3O. The van der Waals surface area contributed by atoms with Crippen LogP contribution < -0.4 is 0 Å². The van der Waals surface area contributed by atoms with E-state index in [1.807, 2.05) is 20.8 Å². The lowest BCUT2D eigenvalue weighted by Crippen LogP contribution is -2.28. The lowest BCUT2D eigenvalue weighted by Gasteiger charge is -2.15. The zero-order chi connectivity index (χ0) is 17.0. The Morgan fingerprint density at radius 1 is 1.30 bits per heavy atom. The summed E-state index contributed by atoms with van der Waals surface area (Å²) in [6.45, 7) is 6.98. The van der Waals surface area contributed by atoms with Crippen LogP contribution in [0.15, 0.2) is 30.3 Å². The number of likely N-dealkylation sites (N-methyl/N-ethyl adjacent to an activating group) is 1. The molecule has 2 rings (SSSR count). The van der Waals surface area contributed by atoms with Crippen molar-refractivity contribution in [2.24, 2.45) is 0 Å². The first kappa shape index (κ1) is 17.2. The Kier molecular flexibility index (Phi) is 5.55. The molecule has 23 heavy (non-hydrogen) atoms. The predicted molar refractivity (Wildman–Crippen MR) is 90.2 cm³/mol. The van der Waals surface area contributed by atoms with Gasteiger partial charge in [-0.05, 0) is 51.1 Å². The van der Waals surface area contributed by atoms with Crippen LogP contribution in [-0.2, 0) is 4.79 Å². The van der Waals surface area contributed by atoms with Gasteiger partial charge < -0.3 is 4.90 Å². The summed E-state index contributed by atoms with van der Waals surface area (Å²) in [6, 6.07) is 5.90. The molecule has 0 N–H and O–H groups in total. The summed E-state index contributed by atoms with van der Waals surface area (Å²) in [5.74, 6) is -0.390. The summed E-state index contributed by atoms with van der Waals surface area (Å²) in [5.41, 5.74) is 2.04. The van der Waals surface area contributed by atoms with Crippen molar-refractivity contribution in [2.45, 2.75) is 20.8 Å². The van der Waals surface area contributed by atoms with Crippen molar-refractivity contribution in [2.75, 3.05) is 13.1 Å². The van der Waals surface area contributed by atoms with Gasteiger partial charge in [0, 0.05) is 24.7 Å². The summed E-state index contributed by atoms with van der Waals surface area (Å²) >= 11 is 6.37. The maximum absolute atomic E-state index is 13.0. The fourth-order valence-corrected chi connectivity index (χ4v) is 2.58. The van der Waals surface area contributed by atoms with Crippen LogP contribution in [-0.4, -0.2) is 33.7 Å². The standard InChI is InChI=1S/C17H19ClFN3O/c1-4-21(5-2)16(23)11-10-15-12(3)20-22(17(15)18)14-8-6-13(19)7-9-14/h6-11H,4-5H2,1-3H3. The number of halogens is 2. The first-order valence-corrected chi connectivity index (χ1v) is 7.83. The van der Waals surface area contributed by atoms with Crippen LogP contribution in [0.5, 0.6) is 0 Å². The number of aromatic nitrogens is 2. The van der Waals surface area contributed by atoms with Crippen molar-refractivity contribution in [3.05, 3.63) is 52.6 Å². The van der Waals surface area contributed by atoms with Gasteiger partial charge in [0.1, 0.15) is 11.0 Å². The Labute approximate surface area is 140 Å². The second-order valence-electron chi connectivity index (χ2n) is 5.02. The molecule has 1 amide bonds. The van der Waals surface area contributed by atoms with Crippen LogP contribution in [0.4, 0.5) is 4.39 Å². The lowest BCUT2D eigenvalue weighted by atomic mass is 10.2. The first-order chi connectivity index (χ1) is 11.0. The normalized spacial score (nSPS) is 11.2. The van der Waals surface area contributed by atoms with Gasteiger partial charge in [0.2, 0.25) is 5.91 Å². The van der Waals surface area contributed by atoms with Gasteiger partial charge in [-0.25, -0.2) is 9.07 Å². The van der Waals surface area contributed by atoms with E-state index < -0.39 is 0 Å². The van der Waals surface area contributed by atoms with Gasteiger partial charge in [0.05, 0.1) is 11.4 Å². The van der Waals surface area contributed by atoms with Crippen molar-refractivity contribution >= 4 is 23.6 Å². The van der Waals surface area contributed by atoms with Crippen LogP contribution >= 0.6 is 11.6 Å². The molecule has 1 aromatic carbocycles. The van der Waals surface area contributed by atoms with Crippen LogP contribution in [0, 0.1) is 12.7 Å². The van der Waals surface area contributed by atoms with E-state index >= 15 is 0 Å². The number of nitrogens with zero attached hydrogens (tertiary/aromatic N) is 3. The summed E-state index contributed by atoms with van der Waals surface area (Å²) in [7, 11) is 0. The van der Waals surface area contributed by atoms with E-state index in [1.54, 1.807) is 23.1 Å². The van der Waals surface area contributed by atoms with Gasteiger partial charge in [0.15, 0.2) is 0 Å². The highest BCUT2D eigenvalue weighted by atomic mass is 35.5. The maximum Gasteiger partial charge on any atom is 0.246 e. The Bertz CT molecular complexity index is 718. The molecule has 0 aliphatic heterocycles. The van der Waals surface area contributed by atoms with E-state index in [-0.39, 0.29) is 11.7 Å². The van der Waals surface area contributed by atoms with E-state index in [0.29, 0.717) is 35.2 Å². The number of rotatable bonds is 5. The minimum atomic E-state index is -0.321. The van der Waals surface area contributed by atoms with Crippen molar-refractivity contribution in [1.82, 2.24) is 14.7 Å². The summed E-state index contributed by atoms with van der Waals surface area (Å²) in [4.78, 5) is 13.8. The Morgan fingerprint density at radius 2 is 1.91 bits per heavy atom. The number of carbonyl (C=O) groups is 1. The van der Waals surface area contributed by atoms with Gasteiger partial charge >= 0.3 is 0 Å². The summed E-state index contributed by atoms with van der Waals surface area (Å²) in [5, 5.41) is 4.75.